The van der Waals surface area contributed by atoms with Crippen molar-refractivity contribution in [1.29, 1.82) is 0 Å². The summed E-state index contributed by atoms with van der Waals surface area (Å²) in [4.78, 5) is 4.77. The molecule has 244 valence electrons. The topological polar surface area (TPSA) is 6.48 Å². The molecule has 0 radical (unpaired) electrons. The Labute approximate surface area is 313 Å². The highest BCUT2D eigenvalue weighted by atomic mass is 79.9. The van der Waals surface area contributed by atoms with Gasteiger partial charge in [-0.15, -0.1) is 22.7 Å². The van der Waals surface area contributed by atoms with Gasteiger partial charge in [0, 0.05) is 58.2 Å². The third kappa shape index (κ3) is 5.55. The summed E-state index contributed by atoms with van der Waals surface area (Å²) in [5, 5.41) is 5.10. The summed E-state index contributed by atoms with van der Waals surface area (Å²) >= 11 is 7.68. The highest BCUT2D eigenvalue weighted by molar-refractivity contribution is 9.10. The monoisotopic (exact) mass is 754 g/mol. The maximum atomic E-state index is 3.98. The van der Waals surface area contributed by atoms with E-state index < -0.39 is 0 Å². The minimum Gasteiger partial charge on any atom is -0.310 e. The second-order valence-corrected chi connectivity index (χ2v) is 15.5. The summed E-state index contributed by atoms with van der Waals surface area (Å²) in [5.74, 6) is 0. The first-order valence-electron chi connectivity index (χ1n) is 16.8. The Balaban J connectivity index is 1.32. The summed E-state index contributed by atoms with van der Waals surface area (Å²) in [6.45, 7) is 7.96. The van der Waals surface area contributed by atoms with Crippen LogP contribution >= 0.6 is 38.6 Å². The van der Waals surface area contributed by atoms with Gasteiger partial charge in [-0.3, -0.25) is 0 Å². The van der Waals surface area contributed by atoms with Crippen LogP contribution in [-0.2, 0) is 0 Å². The van der Waals surface area contributed by atoms with E-state index in [9.17, 15) is 0 Å². The van der Waals surface area contributed by atoms with E-state index in [0.29, 0.717) is 0 Å². The fourth-order valence-electron chi connectivity index (χ4n) is 7.01. The molecular weight excluding hydrogens is 725 g/mol. The average molecular weight is 756 g/mol. The average Bonchev–Trinajstić information content (AvgIpc) is 3.75. The molecule has 0 aliphatic rings. The zero-order valence-electron chi connectivity index (χ0n) is 27.6. The van der Waals surface area contributed by atoms with Crippen LogP contribution in [0.3, 0.4) is 0 Å². The molecule has 9 aromatic rings. The van der Waals surface area contributed by atoms with E-state index in [2.05, 4.69) is 191 Å². The minimum absolute atomic E-state index is 0.988. The number of anilines is 6. The van der Waals surface area contributed by atoms with E-state index in [1.807, 2.05) is 34.8 Å². The van der Waals surface area contributed by atoms with E-state index >= 15 is 0 Å². The molecule has 2 heterocycles. The third-order valence-electron chi connectivity index (χ3n) is 9.41. The largest absolute Gasteiger partial charge is 0.310 e. The number of nitrogens with zero attached hydrogens (tertiary/aromatic N) is 2. The first-order valence-corrected chi connectivity index (χ1v) is 19.2. The van der Waals surface area contributed by atoms with Crippen molar-refractivity contribution in [2.75, 3.05) is 9.80 Å². The lowest BCUT2D eigenvalue weighted by molar-refractivity contribution is 1.25. The molecule has 0 unspecified atom stereocenters. The van der Waals surface area contributed by atoms with Crippen molar-refractivity contribution >= 4 is 125 Å². The maximum absolute atomic E-state index is 3.98. The van der Waals surface area contributed by atoms with Crippen LogP contribution in [0.5, 0.6) is 0 Å². The zero-order chi connectivity index (χ0) is 34.5. The van der Waals surface area contributed by atoms with Crippen LogP contribution in [0.25, 0.3) is 52.5 Å². The van der Waals surface area contributed by atoms with E-state index in [-0.39, 0.29) is 0 Å². The lowest BCUT2D eigenvalue weighted by Gasteiger charge is -2.30. The van der Waals surface area contributed by atoms with Gasteiger partial charge in [0.05, 0.1) is 20.8 Å². The molecule has 0 saturated carbocycles. The van der Waals surface area contributed by atoms with Gasteiger partial charge in [-0.25, -0.2) is 0 Å². The number of rotatable bonds is 8. The molecule has 0 saturated heterocycles. The summed E-state index contributed by atoms with van der Waals surface area (Å²) in [7, 11) is 0. The van der Waals surface area contributed by atoms with Crippen molar-refractivity contribution in [1.82, 2.24) is 0 Å². The Morgan fingerprint density at radius 2 is 0.863 bits per heavy atom. The van der Waals surface area contributed by atoms with Gasteiger partial charge in [0.2, 0.25) is 0 Å². The van der Waals surface area contributed by atoms with Crippen LogP contribution < -0.4 is 9.80 Å². The van der Waals surface area contributed by atoms with Crippen LogP contribution in [0.4, 0.5) is 34.1 Å². The molecule has 0 aliphatic carbocycles. The predicted molar refractivity (Wildman–Crippen MR) is 229 cm³/mol. The lowest BCUT2D eigenvalue weighted by Crippen LogP contribution is -2.13. The molecule has 0 aliphatic heterocycles. The second kappa shape index (κ2) is 13.0. The molecule has 7 aromatic carbocycles. The van der Waals surface area contributed by atoms with Gasteiger partial charge >= 0.3 is 0 Å². The summed E-state index contributed by atoms with van der Waals surface area (Å²) in [5.41, 5.74) is 8.67. The predicted octanol–water partition coefficient (Wildman–Crippen LogP) is 15.4. The molecular formula is C46H31BrN2S2. The molecule has 0 atom stereocenters. The standard InChI is InChI=1S/C46H31BrN2S2/c1-3-30-19-23-33(24-20-30)48(34-25-21-31(4-2)22-26-34)35-27-32(47)28-36(29-35)49(41-15-9-13-39-37-11-5-7-17-43(37)50-45(39)41)42-16-10-14-40-38-12-6-8-18-44(38)51-46(40)42/h3-29H,1-2H2. The Kier molecular flexibility index (Phi) is 8.04. The Hall–Kier alpha value is -5.46. The minimum atomic E-state index is 0.988. The maximum Gasteiger partial charge on any atom is 0.0640 e. The molecule has 2 aromatic heterocycles. The van der Waals surface area contributed by atoms with Gasteiger partial charge in [0.1, 0.15) is 0 Å². The first kappa shape index (κ1) is 31.5. The number of fused-ring (bicyclic) bond motifs is 6. The molecule has 0 bridgehead atoms. The Morgan fingerprint density at radius 1 is 0.431 bits per heavy atom. The van der Waals surface area contributed by atoms with Crippen LogP contribution in [0, 0.1) is 0 Å². The van der Waals surface area contributed by atoms with E-state index in [1.165, 1.54) is 40.3 Å². The van der Waals surface area contributed by atoms with Crippen LogP contribution in [0.15, 0.2) is 169 Å². The SMILES string of the molecule is C=Cc1ccc(N(c2ccc(C=C)cc2)c2cc(Br)cc(N(c3cccc4c3sc3ccccc34)c3cccc4c3sc3ccccc34)c2)cc1. The van der Waals surface area contributed by atoms with Crippen molar-refractivity contribution in [3.63, 3.8) is 0 Å². The molecule has 0 amide bonds. The fourth-order valence-corrected chi connectivity index (χ4v) is 9.89. The molecule has 9 rings (SSSR count). The number of hydrogen-bond donors (Lipinski definition) is 0. The Bertz CT molecular complexity index is 2590. The molecule has 0 N–H and O–H groups in total. The van der Waals surface area contributed by atoms with Crippen molar-refractivity contribution in [3.05, 3.63) is 180 Å². The van der Waals surface area contributed by atoms with Crippen molar-refractivity contribution in [3.8, 4) is 0 Å². The first-order chi connectivity index (χ1) is 25.1. The number of hydrogen-bond acceptors (Lipinski definition) is 4. The number of benzene rings is 7. The summed E-state index contributed by atoms with van der Waals surface area (Å²) in [6.07, 6.45) is 3.76. The number of thiophene rings is 2. The van der Waals surface area contributed by atoms with Crippen LogP contribution in [0.1, 0.15) is 11.1 Å². The van der Waals surface area contributed by atoms with Gasteiger partial charge < -0.3 is 9.80 Å². The smallest absolute Gasteiger partial charge is 0.0640 e. The Morgan fingerprint density at radius 3 is 1.33 bits per heavy atom. The molecule has 0 fully saturated rings. The van der Waals surface area contributed by atoms with Crippen LogP contribution in [0.2, 0.25) is 0 Å². The van der Waals surface area contributed by atoms with Gasteiger partial charge in [0.25, 0.3) is 0 Å². The van der Waals surface area contributed by atoms with Gasteiger partial charge in [0.15, 0.2) is 0 Å². The summed E-state index contributed by atoms with van der Waals surface area (Å²) < 4.78 is 6.08. The molecule has 2 nitrogen and oxygen atoms in total. The normalized spacial score (nSPS) is 11.4. The molecule has 51 heavy (non-hydrogen) atoms. The van der Waals surface area contributed by atoms with Gasteiger partial charge in [-0.2, -0.15) is 0 Å². The number of halogens is 1. The lowest BCUT2D eigenvalue weighted by atomic mass is 10.1. The quantitative estimate of drug-likeness (QED) is 0.152. The van der Waals surface area contributed by atoms with Crippen molar-refractivity contribution in [2.45, 2.75) is 0 Å². The van der Waals surface area contributed by atoms with E-state index in [0.717, 1.165) is 49.7 Å². The molecule has 0 spiro atoms. The third-order valence-corrected chi connectivity index (χ3v) is 12.3. The van der Waals surface area contributed by atoms with Crippen molar-refractivity contribution in [2.24, 2.45) is 0 Å². The summed E-state index contributed by atoms with van der Waals surface area (Å²) in [6, 6.07) is 54.7. The van der Waals surface area contributed by atoms with Gasteiger partial charge in [-0.1, -0.05) is 126 Å². The second-order valence-electron chi connectivity index (χ2n) is 12.4. The molecule has 5 heteroatoms. The van der Waals surface area contributed by atoms with Crippen LogP contribution in [-0.4, -0.2) is 0 Å². The van der Waals surface area contributed by atoms with E-state index in [4.69, 9.17) is 0 Å². The van der Waals surface area contributed by atoms with E-state index in [1.54, 1.807) is 0 Å². The highest BCUT2D eigenvalue weighted by Gasteiger charge is 2.23. The fraction of sp³-hybridized carbons (Fsp3) is 0. The van der Waals surface area contributed by atoms with Crippen molar-refractivity contribution < 1.29 is 0 Å². The van der Waals surface area contributed by atoms with Gasteiger partial charge in [-0.05, 0) is 77.9 Å². The zero-order valence-corrected chi connectivity index (χ0v) is 30.8. The highest BCUT2D eigenvalue weighted by Crippen LogP contribution is 2.50.